The van der Waals surface area contributed by atoms with Crippen LogP contribution in [0.15, 0.2) is 14.5 Å². The summed E-state index contributed by atoms with van der Waals surface area (Å²) < 4.78 is 53.6. The molecule has 1 heterocycles. The summed E-state index contributed by atoms with van der Waals surface area (Å²) >= 11 is 3.37. The Bertz CT molecular complexity index is 741. The molecule has 0 aliphatic carbocycles. The van der Waals surface area contributed by atoms with Crippen molar-refractivity contribution in [1.82, 2.24) is 4.72 Å². The average Bonchev–Trinajstić information content (AvgIpc) is 2.89. The number of rotatable bonds is 9. The van der Waals surface area contributed by atoms with Crippen molar-refractivity contribution in [3.05, 3.63) is 11.6 Å². The highest BCUT2D eigenvalue weighted by Gasteiger charge is 2.28. The van der Waals surface area contributed by atoms with Crippen LogP contribution in [0.3, 0.4) is 0 Å². The van der Waals surface area contributed by atoms with E-state index >= 15 is 0 Å². The Balaban J connectivity index is 3.21. The third kappa shape index (κ3) is 5.08. The number of thiophene rings is 1. The number of ketones is 1. The van der Waals surface area contributed by atoms with Crippen molar-refractivity contribution in [3.63, 3.8) is 0 Å². The van der Waals surface area contributed by atoms with Gasteiger partial charge in [-0.3, -0.25) is 4.79 Å². The smallest absolute Gasteiger partial charge is 0.250 e. The number of ether oxygens (including phenoxy) is 1. The van der Waals surface area contributed by atoms with Gasteiger partial charge in [-0.2, -0.15) is 0 Å². The van der Waals surface area contributed by atoms with Crippen LogP contribution >= 0.6 is 27.3 Å². The van der Waals surface area contributed by atoms with Gasteiger partial charge in [-0.05, 0) is 12.5 Å². The van der Waals surface area contributed by atoms with Crippen LogP contribution in [-0.2, 0) is 24.8 Å². The molecule has 0 aromatic carbocycles. The van der Waals surface area contributed by atoms with E-state index in [1.165, 1.54) is 7.11 Å². The van der Waals surface area contributed by atoms with E-state index in [4.69, 9.17) is 9.88 Å². The van der Waals surface area contributed by atoms with Crippen LogP contribution in [0.4, 0.5) is 0 Å². The number of nitrogens with two attached hydrogens (primary N) is 1. The molecule has 1 aromatic rings. The number of nitrogens with one attached hydrogen (secondary N) is 1. The topological polar surface area (TPSA) is 133 Å². The highest BCUT2D eigenvalue weighted by atomic mass is 79.9. The molecule has 12 heteroatoms. The second-order valence-electron chi connectivity index (χ2n) is 4.11. The van der Waals surface area contributed by atoms with Crippen LogP contribution in [0.25, 0.3) is 0 Å². The van der Waals surface area contributed by atoms with E-state index in [0.717, 1.165) is 6.07 Å². The lowest BCUT2D eigenvalue weighted by Gasteiger charge is -2.06. The molecular formula is C10H15BrN2O6S3. The zero-order chi connectivity index (χ0) is 17.0. The number of sulfonamides is 2. The van der Waals surface area contributed by atoms with Crippen molar-refractivity contribution in [2.45, 2.75) is 14.8 Å². The van der Waals surface area contributed by atoms with Crippen molar-refractivity contribution in [2.75, 3.05) is 25.6 Å². The number of Topliss-reactive ketones (excluding diaryl/α,β-unsaturated/α-hetero) is 1. The molecule has 3 N–H and O–H groups in total. The molecule has 0 saturated carbocycles. The highest BCUT2D eigenvalue weighted by Crippen LogP contribution is 2.30. The van der Waals surface area contributed by atoms with Crippen LogP contribution in [0.2, 0.25) is 0 Å². The number of halogens is 1. The second-order valence-corrected chi connectivity index (χ2v) is 9.48. The highest BCUT2D eigenvalue weighted by molar-refractivity contribution is 9.09. The fraction of sp³-hybridized carbons (Fsp3) is 0.500. The molecule has 0 bridgehead atoms. The molecule has 0 aliphatic rings. The van der Waals surface area contributed by atoms with Gasteiger partial charge in [-0.1, -0.05) is 15.9 Å². The third-order valence-electron chi connectivity index (χ3n) is 2.44. The first kappa shape index (κ1) is 19.7. The van der Waals surface area contributed by atoms with Crippen molar-refractivity contribution in [3.8, 4) is 0 Å². The van der Waals surface area contributed by atoms with E-state index < -0.39 is 25.8 Å². The lowest BCUT2D eigenvalue weighted by atomic mass is 10.2. The quantitative estimate of drug-likeness (QED) is 0.326. The summed E-state index contributed by atoms with van der Waals surface area (Å²) in [5.41, 5.74) is -0.204. The maximum absolute atomic E-state index is 12.2. The van der Waals surface area contributed by atoms with E-state index in [2.05, 4.69) is 20.7 Å². The summed E-state index contributed by atoms with van der Waals surface area (Å²) in [6, 6.07) is 0.979. The monoisotopic (exact) mass is 434 g/mol. The number of alkyl halides is 1. The molecule has 0 radical (unpaired) electrons. The summed E-state index contributed by atoms with van der Waals surface area (Å²) in [7, 11) is -6.63. The van der Waals surface area contributed by atoms with Crippen LogP contribution < -0.4 is 9.86 Å². The zero-order valence-corrected chi connectivity index (χ0v) is 15.6. The van der Waals surface area contributed by atoms with Crippen molar-refractivity contribution < 1.29 is 26.4 Å². The van der Waals surface area contributed by atoms with Gasteiger partial charge < -0.3 is 4.74 Å². The molecule has 0 aliphatic heterocycles. The average molecular weight is 435 g/mol. The van der Waals surface area contributed by atoms with Gasteiger partial charge in [0.15, 0.2) is 5.78 Å². The SMILES string of the molecule is COCCCNS(=O)(=O)c1sc(S(N)(=O)=O)cc1C(=O)CBr. The van der Waals surface area contributed by atoms with Crippen LogP contribution in [0.5, 0.6) is 0 Å². The van der Waals surface area contributed by atoms with E-state index in [-0.39, 0.29) is 25.9 Å². The Morgan fingerprint density at radius 2 is 2.05 bits per heavy atom. The minimum Gasteiger partial charge on any atom is -0.385 e. The third-order valence-corrected chi connectivity index (χ3v) is 7.50. The molecule has 1 aromatic heterocycles. The first-order valence-corrected chi connectivity index (χ1v) is 10.8. The Morgan fingerprint density at radius 1 is 1.41 bits per heavy atom. The van der Waals surface area contributed by atoms with E-state index in [1.54, 1.807) is 0 Å². The van der Waals surface area contributed by atoms with Gasteiger partial charge >= 0.3 is 0 Å². The van der Waals surface area contributed by atoms with Crippen LogP contribution in [0.1, 0.15) is 16.8 Å². The van der Waals surface area contributed by atoms with Gasteiger partial charge in [-0.15, -0.1) is 11.3 Å². The molecule has 0 spiro atoms. The largest absolute Gasteiger partial charge is 0.385 e. The molecule has 8 nitrogen and oxygen atoms in total. The predicted molar refractivity (Wildman–Crippen MR) is 85.5 cm³/mol. The number of carbonyl (C=O) groups is 1. The molecule has 0 atom stereocenters. The van der Waals surface area contributed by atoms with Gasteiger partial charge in [0.25, 0.3) is 10.0 Å². The minimum atomic E-state index is -4.10. The number of carbonyl (C=O) groups excluding carboxylic acids is 1. The minimum absolute atomic E-state index is 0.0979. The van der Waals surface area contributed by atoms with E-state index in [9.17, 15) is 21.6 Å². The standard InChI is InChI=1S/C10H15BrN2O6S3/c1-19-4-2-3-13-22(17,18)10-7(8(14)6-11)5-9(20-10)21(12,15)16/h5,13H,2-4,6H2,1H3,(H2,12,15,16). The normalized spacial score (nSPS) is 12.5. The Hall–Kier alpha value is -0.370. The Labute approximate surface area is 141 Å². The molecule has 1 rings (SSSR count). The van der Waals surface area contributed by atoms with Crippen molar-refractivity contribution in [2.24, 2.45) is 5.14 Å². The first-order valence-electron chi connectivity index (χ1n) is 5.88. The van der Waals surface area contributed by atoms with Crippen molar-refractivity contribution >= 4 is 53.1 Å². The van der Waals surface area contributed by atoms with E-state index in [1.807, 2.05) is 0 Å². The molecule has 22 heavy (non-hydrogen) atoms. The number of hydrogen-bond donors (Lipinski definition) is 2. The van der Waals surface area contributed by atoms with Crippen LogP contribution in [-0.4, -0.2) is 48.2 Å². The molecule has 0 unspecified atom stereocenters. The number of methoxy groups -OCH3 is 1. The van der Waals surface area contributed by atoms with Gasteiger partial charge in [0.1, 0.15) is 8.42 Å². The summed E-state index contributed by atoms with van der Waals surface area (Å²) in [4.78, 5) is 11.8. The number of hydrogen-bond acceptors (Lipinski definition) is 7. The molecule has 0 saturated heterocycles. The van der Waals surface area contributed by atoms with E-state index in [0.29, 0.717) is 24.4 Å². The van der Waals surface area contributed by atoms with Gasteiger partial charge in [0.2, 0.25) is 10.0 Å². The second kappa shape index (κ2) is 7.95. The van der Waals surface area contributed by atoms with Gasteiger partial charge in [-0.25, -0.2) is 26.7 Å². The lowest BCUT2D eigenvalue weighted by Crippen LogP contribution is -2.26. The van der Waals surface area contributed by atoms with Crippen molar-refractivity contribution in [1.29, 1.82) is 0 Å². The van der Waals surface area contributed by atoms with Crippen LogP contribution in [0, 0.1) is 0 Å². The molecule has 0 fully saturated rings. The Morgan fingerprint density at radius 3 is 2.55 bits per heavy atom. The fourth-order valence-electron chi connectivity index (χ4n) is 1.45. The maximum atomic E-state index is 12.2. The fourth-order valence-corrected chi connectivity index (χ4v) is 5.44. The summed E-state index contributed by atoms with van der Waals surface area (Å²) in [6.45, 7) is 0.462. The summed E-state index contributed by atoms with van der Waals surface area (Å²) in [5, 5.41) is 4.85. The maximum Gasteiger partial charge on any atom is 0.250 e. The molecule has 0 amide bonds. The molecule has 126 valence electrons. The lowest BCUT2D eigenvalue weighted by molar-refractivity contribution is 0.102. The summed E-state index contributed by atoms with van der Waals surface area (Å²) in [6.07, 6.45) is 0.435. The van der Waals surface area contributed by atoms with Gasteiger partial charge in [0, 0.05) is 20.3 Å². The summed E-state index contributed by atoms with van der Waals surface area (Å²) in [5.74, 6) is -0.552. The predicted octanol–water partition coefficient (Wildman–Crippen LogP) is 0.288. The zero-order valence-electron chi connectivity index (χ0n) is 11.5. The Kier molecular flexibility index (Phi) is 7.11. The first-order chi connectivity index (χ1) is 10.1. The van der Waals surface area contributed by atoms with Gasteiger partial charge in [0.05, 0.1) is 10.9 Å². The number of primary sulfonamides is 1. The molecular weight excluding hydrogens is 420 g/mol.